The number of aromatic nitrogens is 2. The van der Waals surface area contributed by atoms with Crippen molar-refractivity contribution in [3.8, 4) is 0 Å². The zero-order valence-electron chi connectivity index (χ0n) is 13.1. The maximum absolute atomic E-state index is 12.1. The molecule has 22 heavy (non-hydrogen) atoms. The van der Waals surface area contributed by atoms with E-state index in [0.717, 1.165) is 21.4 Å². The van der Waals surface area contributed by atoms with Crippen LogP contribution in [-0.4, -0.2) is 21.8 Å². The summed E-state index contributed by atoms with van der Waals surface area (Å²) in [5, 5.41) is 11.0. The second kappa shape index (κ2) is 6.44. The van der Waals surface area contributed by atoms with Crippen molar-refractivity contribution >= 4 is 27.5 Å². The molecular weight excluding hydrogens is 344 g/mol. The SMILES string of the molecule is C/C(=N/NC(=O)c1cc(C(C)(C)C)[nH]n1)c1ccc(Br)cc1. The molecule has 0 fully saturated rings. The third kappa shape index (κ3) is 4.04. The summed E-state index contributed by atoms with van der Waals surface area (Å²) >= 11 is 3.38. The Balaban J connectivity index is 2.07. The van der Waals surface area contributed by atoms with Gasteiger partial charge in [0, 0.05) is 15.6 Å². The van der Waals surface area contributed by atoms with E-state index in [9.17, 15) is 4.79 Å². The molecule has 2 rings (SSSR count). The molecule has 2 aromatic rings. The molecule has 0 atom stereocenters. The molecule has 0 aliphatic rings. The summed E-state index contributed by atoms with van der Waals surface area (Å²) in [6.45, 7) is 8.00. The monoisotopic (exact) mass is 362 g/mol. The van der Waals surface area contributed by atoms with Crippen molar-refractivity contribution in [3.05, 3.63) is 51.8 Å². The summed E-state index contributed by atoms with van der Waals surface area (Å²) in [4.78, 5) is 12.1. The van der Waals surface area contributed by atoms with Crippen LogP contribution in [0.3, 0.4) is 0 Å². The summed E-state index contributed by atoms with van der Waals surface area (Å²) in [6.07, 6.45) is 0. The van der Waals surface area contributed by atoms with Gasteiger partial charge in [-0.15, -0.1) is 0 Å². The highest BCUT2D eigenvalue weighted by atomic mass is 79.9. The molecule has 0 aliphatic heterocycles. The van der Waals surface area contributed by atoms with Gasteiger partial charge in [0.1, 0.15) is 0 Å². The Kier molecular flexibility index (Phi) is 4.81. The Morgan fingerprint density at radius 1 is 1.27 bits per heavy atom. The van der Waals surface area contributed by atoms with Gasteiger partial charge >= 0.3 is 0 Å². The number of aromatic amines is 1. The number of hydrazone groups is 1. The quantitative estimate of drug-likeness (QED) is 0.646. The molecule has 116 valence electrons. The van der Waals surface area contributed by atoms with Gasteiger partial charge in [0.15, 0.2) is 5.69 Å². The number of H-pyrrole nitrogens is 1. The van der Waals surface area contributed by atoms with Gasteiger partial charge in [0.25, 0.3) is 5.91 Å². The van der Waals surface area contributed by atoms with Gasteiger partial charge in [-0.1, -0.05) is 48.8 Å². The molecule has 5 nitrogen and oxygen atoms in total. The molecule has 0 spiro atoms. The van der Waals surface area contributed by atoms with Crippen LogP contribution in [0.25, 0.3) is 0 Å². The fourth-order valence-corrected chi connectivity index (χ4v) is 2.03. The van der Waals surface area contributed by atoms with E-state index in [1.165, 1.54) is 0 Å². The molecular formula is C16H19BrN4O. The lowest BCUT2D eigenvalue weighted by atomic mass is 9.92. The van der Waals surface area contributed by atoms with Crippen molar-refractivity contribution in [3.63, 3.8) is 0 Å². The van der Waals surface area contributed by atoms with Crippen LogP contribution in [0.2, 0.25) is 0 Å². The lowest BCUT2D eigenvalue weighted by molar-refractivity contribution is 0.0950. The summed E-state index contributed by atoms with van der Waals surface area (Å²) in [5.74, 6) is -0.330. The molecule has 0 saturated heterocycles. The standard InChI is InChI=1S/C16H19BrN4O/c1-10(11-5-7-12(17)8-6-11)18-21-15(22)13-9-14(20-19-13)16(2,3)4/h5-9H,1-4H3,(H,19,20)(H,21,22)/b18-10-. The number of benzene rings is 1. The Hall–Kier alpha value is -1.95. The minimum Gasteiger partial charge on any atom is -0.281 e. The maximum Gasteiger partial charge on any atom is 0.291 e. The van der Waals surface area contributed by atoms with Gasteiger partial charge in [0.05, 0.1) is 5.71 Å². The number of amides is 1. The van der Waals surface area contributed by atoms with Crippen molar-refractivity contribution in [2.75, 3.05) is 0 Å². The Bertz CT molecular complexity index is 696. The van der Waals surface area contributed by atoms with Crippen LogP contribution < -0.4 is 5.43 Å². The normalized spacial score (nSPS) is 12.3. The van der Waals surface area contributed by atoms with E-state index < -0.39 is 0 Å². The predicted octanol–water partition coefficient (Wildman–Crippen LogP) is 3.62. The highest BCUT2D eigenvalue weighted by Gasteiger charge is 2.19. The van der Waals surface area contributed by atoms with Crippen LogP contribution in [0.15, 0.2) is 39.9 Å². The Morgan fingerprint density at radius 3 is 2.45 bits per heavy atom. The van der Waals surface area contributed by atoms with E-state index in [4.69, 9.17) is 0 Å². The first-order chi connectivity index (χ1) is 10.3. The molecule has 1 aromatic heterocycles. The highest BCUT2D eigenvalue weighted by molar-refractivity contribution is 9.10. The van der Waals surface area contributed by atoms with Gasteiger partial charge in [-0.3, -0.25) is 9.89 Å². The molecule has 6 heteroatoms. The smallest absolute Gasteiger partial charge is 0.281 e. The lowest BCUT2D eigenvalue weighted by Gasteiger charge is -2.14. The zero-order valence-corrected chi connectivity index (χ0v) is 14.7. The molecule has 1 amide bonds. The molecule has 0 bridgehead atoms. The number of rotatable bonds is 3. The number of hydrogen-bond acceptors (Lipinski definition) is 3. The summed E-state index contributed by atoms with van der Waals surface area (Å²) in [5.41, 5.74) is 5.36. The fraction of sp³-hybridized carbons (Fsp3) is 0.312. The second-order valence-corrected chi connectivity index (χ2v) is 6.98. The number of halogens is 1. The Labute approximate surface area is 138 Å². The van der Waals surface area contributed by atoms with E-state index >= 15 is 0 Å². The minimum absolute atomic E-state index is 0.0812. The van der Waals surface area contributed by atoms with Gasteiger partial charge < -0.3 is 0 Å². The van der Waals surface area contributed by atoms with Gasteiger partial charge in [-0.05, 0) is 30.7 Å². The van der Waals surface area contributed by atoms with Gasteiger partial charge in [0.2, 0.25) is 0 Å². The molecule has 0 unspecified atom stereocenters. The largest absolute Gasteiger partial charge is 0.291 e. The van der Waals surface area contributed by atoms with Gasteiger partial charge in [-0.25, -0.2) is 5.43 Å². The molecule has 1 heterocycles. The van der Waals surface area contributed by atoms with Crippen LogP contribution in [0, 0.1) is 0 Å². The third-order valence-electron chi connectivity index (χ3n) is 3.21. The number of nitrogens with one attached hydrogen (secondary N) is 2. The highest BCUT2D eigenvalue weighted by Crippen LogP contribution is 2.20. The average Bonchev–Trinajstić information content (AvgIpc) is 2.95. The maximum atomic E-state index is 12.1. The zero-order chi connectivity index (χ0) is 16.3. The number of carbonyl (C=O) groups excluding carboxylic acids is 1. The fourth-order valence-electron chi connectivity index (χ4n) is 1.77. The Morgan fingerprint density at radius 2 is 1.91 bits per heavy atom. The van der Waals surface area contributed by atoms with Crippen LogP contribution in [0.5, 0.6) is 0 Å². The van der Waals surface area contributed by atoms with Crippen molar-refractivity contribution in [1.29, 1.82) is 0 Å². The predicted molar refractivity (Wildman–Crippen MR) is 91.1 cm³/mol. The van der Waals surface area contributed by atoms with Gasteiger partial charge in [-0.2, -0.15) is 10.2 Å². The topological polar surface area (TPSA) is 70.1 Å². The van der Waals surface area contributed by atoms with E-state index in [2.05, 4.69) is 57.4 Å². The second-order valence-electron chi connectivity index (χ2n) is 6.06. The third-order valence-corrected chi connectivity index (χ3v) is 3.73. The summed E-state index contributed by atoms with van der Waals surface area (Å²) < 4.78 is 0.999. The lowest BCUT2D eigenvalue weighted by Crippen LogP contribution is -2.19. The first-order valence-electron chi connectivity index (χ1n) is 6.94. The van der Waals surface area contributed by atoms with Crippen molar-refractivity contribution < 1.29 is 4.79 Å². The van der Waals surface area contributed by atoms with Crippen molar-refractivity contribution in [1.82, 2.24) is 15.6 Å². The first-order valence-corrected chi connectivity index (χ1v) is 7.73. The molecule has 0 saturated carbocycles. The molecule has 2 N–H and O–H groups in total. The molecule has 0 aliphatic carbocycles. The number of carbonyl (C=O) groups is 1. The number of nitrogens with zero attached hydrogens (tertiary/aromatic N) is 2. The summed E-state index contributed by atoms with van der Waals surface area (Å²) in [7, 11) is 0. The minimum atomic E-state index is -0.330. The van der Waals surface area contributed by atoms with Crippen molar-refractivity contribution in [2.24, 2.45) is 5.10 Å². The van der Waals surface area contributed by atoms with E-state index in [1.54, 1.807) is 6.07 Å². The van der Waals surface area contributed by atoms with E-state index in [1.807, 2.05) is 31.2 Å². The molecule has 0 radical (unpaired) electrons. The first kappa shape index (κ1) is 16.4. The van der Waals surface area contributed by atoms with E-state index in [0.29, 0.717) is 5.69 Å². The molecule has 1 aromatic carbocycles. The van der Waals surface area contributed by atoms with E-state index in [-0.39, 0.29) is 11.3 Å². The van der Waals surface area contributed by atoms with Crippen molar-refractivity contribution in [2.45, 2.75) is 33.1 Å². The summed E-state index contributed by atoms with van der Waals surface area (Å²) in [6, 6.07) is 9.47. The number of hydrogen-bond donors (Lipinski definition) is 2. The average molecular weight is 363 g/mol. The van der Waals surface area contributed by atoms with Crippen LogP contribution in [-0.2, 0) is 5.41 Å². The van der Waals surface area contributed by atoms with Crippen LogP contribution in [0.4, 0.5) is 0 Å². The van der Waals surface area contributed by atoms with Crippen LogP contribution >= 0.6 is 15.9 Å². The van der Waals surface area contributed by atoms with Crippen LogP contribution in [0.1, 0.15) is 49.4 Å².